The van der Waals surface area contributed by atoms with Crippen molar-refractivity contribution >= 4 is 29.5 Å². The average molecular weight is 567 g/mol. The second-order valence-corrected chi connectivity index (χ2v) is 9.78. The molecule has 0 aliphatic heterocycles. The van der Waals surface area contributed by atoms with Crippen LogP contribution in [0.4, 0.5) is 0 Å². The Bertz CT molecular complexity index is 1160. The monoisotopic (exact) mass is 566 g/mol. The normalized spacial score (nSPS) is 13.7. The molecule has 12 nitrogen and oxygen atoms in total. The zero-order chi connectivity index (χ0) is 30.2. The number of guanidine groups is 1. The van der Waals surface area contributed by atoms with Gasteiger partial charge in [-0.25, -0.2) is 0 Å². The summed E-state index contributed by atoms with van der Waals surface area (Å²) >= 11 is 0. The van der Waals surface area contributed by atoms with Crippen molar-refractivity contribution < 1.29 is 19.2 Å². The second-order valence-electron chi connectivity index (χ2n) is 9.78. The highest BCUT2D eigenvalue weighted by Gasteiger charge is 2.31. The van der Waals surface area contributed by atoms with Gasteiger partial charge in [-0.2, -0.15) is 0 Å². The number of amides is 3. The number of hydrogen-bond acceptors (Lipinski definition) is 7. The molecule has 0 aliphatic rings. The fraction of sp³-hybridized carbons (Fsp3) is 0.414. The van der Waals surface area contributed by atoms with E-state index >= 15 is 0 Å². The Morgan fingerprint density at radius 1 is 0.732 bits per heavy atom. The first-order valence-corrected chi connectivity index (χ1v) is 13.7. The SMILES string of the molecule is NCCCC[C@H](NC(=O)[C@@H](CC(=O)[C@@H](CCCN=C(N)N)NC(=O)[C@@H](N)c1ccccc1)c1ccccc1)C(N)=O. The first-order chi connectivity index (χ1) is 19.6. The molecule has 0 radical (unpaired) electrons. The number of carbonyl (C=O) groups excluding carboxylic acids is 4. The van der Waals surface area contributed by atoms with E-state index in [9.17, 15) is 19.2 Å². The van der Waals surface area contributed by atoms with Gasteiger partial charge in [0, 0.05) is 13.0 Å². The van der Waals surface area contributed by atoms with Crippen molar-refractivity contribution in [1.29, 1.82) is 0 Å². The number of nitrogens with two attached hydrogens (primary N) is 5. The van der Waals surface area contributed by atoms with Crippen molar-refractivity contribution in [3.05, 3.63) is 71.8 Å². The number of ketones is 1. The van der Waals surface area contributed by atoms with Crippen LogP contribution >= 0.6 is 0 Å². The third-order valence-electron chi connectivity index (χ3n) is 6.62. The Morgan fingerprint density at radius 2 is 1.29 bits per heavy atom. The quantitative estimate of drug-likeness (QED) is 0.0738. The third-order valence-corrected chi connectivity index (χ3v) is 6.62. The fourth-order valence-corrected chi connectivity index (χ4v) is 4.33. The van der Waals surface area contributed by atoms with E-state index in [1.54, 1.807) is 60.7 Å². The summed E-state index contributed by atoms with van der Waals surface area (Å²) in [5, 5.41) is 5.45. The molecule has 12 N–H and O–H groups in total. The van der Waals surface area contributed by atoms with Crippen LogP contribution in [0, 0.1) is 0 Å². The molecule has 0 saturated heterocycles. The summed E-state index contributed by atoms with van der Waals surface area (Å²) in [6.07, 6.45) is 1.97. The van der Waals surface area contributed by atoms with Crippen LogP contribution in [0.1, 0.15) is 61.6 Å². The number of hydrogen-bond donors (Lipinski definition) is 7. The van der Waals surface area contributed by atoms with Crippen LogP contribution < -0.4 is 39.3 Å². The molecule has 3 amide bonds. The number of Topliss-reactive ketones (excluding diaryl/α,β-unsaturated/α-hetero) is 1. The molecule has 0 saturated carbocycles. The molecular weight excluding hydrogens is 524 g/mol. The molecule has 0 bridgehead atoms. The van der Waals surface area contributed by atoms with Gasteiger partial charge in [-0.05, 0) is 49.8 Å². The zero-order valence-corrected chi connectivity index (χ0v) is 23.2. The lowest BCUT2D eigenvalue weighted by molar-refractivity contribution is -0.132. The van der Waals surface area contributed by atoms with E-state index in [0.717, 1.165) is 0 Å². The van der Waals surface area contributed by atoms with Gasteiger partial charge in [0.1, 0.15) is 12.1 Å². The van der Waals surface area contributed by atoms with Crippen LogP contribution in [0.5, 0.6) is 0 Å². The maximum atomic E-state index is 13.7. The molecule has 4 atom stereocenters. The summed E-state index contributed by atoms with van der Waals surface area (Å²) < 4.78 is 0. The topological polar surface area (TPSA) is 235 Å². The molecule has 41 heavy (non-hydrogen) atoms. The summed E-state index contributed by atoms with van der Waals surface area (Å²) in [6.45, 7) is 0.698. The number of primary amides is 1. The molecule has 0 aliphatic carbocycles. The summed E-state index contributed by atoms with van der Waals surface area (Å²) in [7, 11) is 0. The van der Waals surface area contributed by atoms with E-state index in [-0.39, 0.29) is 31.1 Å². The lowest BCUT2D eigenvalue weighted by Crippen LogP contribution is -2.48. The summed E-state index contributed by atoms with van der Waals surface area (Å²) in [6, 6.07) is 14.6. The van der Waals surface area contributed by atoms with Gasteiger partial charge >= 0.3 is 0 Å². The van der Waals surface area contributed by atoms with Crippen LogP contribution in [0.2, 0.25) is 0 Å². The highest BCUT2D eigenvalue weighted by atomic mass is 16.2. The van der Waals surface area contributed by atoms with Crippen LogP contribution in [-0.4, -0.2) is 54.6 Å². The van der Waals surface area contributed by atoms with Gasteiger partial charge < -0.3 is 39.3 Å². The summed E-state index contributed by atoms with van der Waals surface area (Å²) in [5.74, 6) is -3.13. The number of benzene rings is 2. The molecule has 12 heteroatoms. The Labute approximate surface area is 240 Å². The van der Waals surface area contributed by atoms with Gasteiger partial charge in [0.15, 0.2) is 11.7 Å². The van der Waals surface area contributed by atoms with Crippen molar-refractivity contribution in [2.45, 2.75) is 62.6 Å². The highest BCUT2D eigenvalue weighted by molar-refractivity contribution is 5.96. The van der Waals surface area contributed by atoms with E-state index in [0.29, 0.717) is 43.4 Å². The lowest BCUT2D eigenvalue weighted by atomic mass is 9.89. The third kappa shape index (κ3) is 11.4. The Hall–Kier alpha value is -4.29. The minimum atomic E-state index is -0.998. The van der Waals surface area contributed by atoms with Crippen LogP contribution in [0.25, 0.3) is 0 Å². The number of rotatable bonds is 18. The number of aliphatic imine (C=N–C) groups is 1. The summed E-state index contributed by atoms with van der Waals surface area (Å²) in [5.41, 5.74) is 29.2. The van der Waals surface area contributed by atoms with Gasteiger partial charge in [-0.15, -0.1) is 0 Å². The van der Waals surface area contributed by atoms with E-state index in [4.69, 9.17) is 28.7 Å². The number of unbranched alkanes of at least 4 members (excludes halogenated alkanes) is 1. The van der Waals surface area contributed by atoms with Crippen LogP contribution in [-0.2, 0) is 19.2 Å². The zero-order valence-electron chi connectivity index (χ0n) is 23.2. The number of nitrogens with one attached hydrogen (secondary N) is 2. The standard InChI is InChI=1S/C29H42N8O4/c30-16-8-7-14-23(26(32)39)37-27(40)21(19-10-3-1-4-11-19)18-24(38)22(15-9-17-35-29(33)34)36-28(41)25(31)20-12-5-2-6-13-20/h1-6,10-13,21-23,25H,7-9,14-18,30-31H2,(H2,32,39)(H,36,41)(H,37,40)(H4,33,34,35)/t21-,22+,23-,25-/m0/s1. The van der Waals surface area contributed by atoms with E-state index in [1.165, 1.54) is 0 Å². The maximum absolute atomic E-state index is 13.7. The largest absolute Gasteiger partial charge is 0.370 e. The molecule has 0 spiro atoms. The smallest absolute Gasteiger partial charge is 0.242 e. The van der Waals surface area contributed by atoms with Crippen LogP contribution in [0.3, 0.4) is 0 Å². The predicted octanol–water partition coefficient (Wildman–Crippen LogP) is 0.0669. The van der Waals surface area contributed by atoms with Gasteiger partial charge in [-0.3, -0.25) is 24.2 Å². The van der Waals surface area contributed by atoms with Crippen molar-refractivity contribution in [3.63, 3.8) is 0 Å². The van der Waals surface area contributed by atoms with Gasteiger partial charge in [-0.1, -0.05) is 60.7 Å². The van der Waals surface area contributed by atoms with Crippen molar-refractivity contribution in [2.75, 3.05) is 13.1 Å². The first kappa shape index (κ1) is 32.9. The van der Waals surface area contributed by atoms with E-state index < -0.39 is 41.8 Å². The minimum absolute atomic E-state index is 0.0840. The Balaban J connectivity index is 2.26. The molecule has 0 fully saturated rings. The fourth-order valence-electron chi connectivity index (χ4n) is 4.33. The van der Waals surface area contributed by atoms with Crippen molar-refractivity contribution in [2.24, 2.45) is 33.7 Å². The van der Waals surface area contributed by atoms with Crippen molar-refractivity contribution in [3.8, 4) is 0 Å². The Morgan fingerprint density at radius 3 is 1.85 bits per heavy atom. The van der Waals surface area contributed by atoms with Crippen LogP contribution in [0.15, 0.2) is 65.7 Å². The van der Waals surface area contributed by atoms with E-state index in [2.05, 4.69) is 15.6 Å². The first-order valence-electron chi connectivity index (χ1n) is 13.7. The van der Waals surface area contributed by atoms with E-state index in [1.807, 2.05) is 0 Å². The average Bonchev–Trinajstić information content (AvgIpc) is 2.96. The molecule has 222 valence electrons. The van der Waals surface area contributed by atoms with Gasteiger partial charge in [0.25, 0.3) is 0 Å². The number of nitrogens with zero attached hydrogens (tertiary/aromatic N) is 1. The molecular formula is C29H42N8O4. The predicted molar refractivity (Wildman–Crippen MR) is 158 cm³/mol. The number of carbonyl (C=O) groups is 4. The molecule has 2 rings (SSSR count). The second kappa shape index (κ2) is 17.4. The maximum Gasteiger partial charge on any atom is 0.242 e. The highest BCUT2D eigenvalue weighted by Crippen LogP contribution is 2.23. The molecule has 0 heterocycles. The molecule has 2 aromatic carbocycles. The molecule has 0 unspecified atom stereocenters. The molecule has 0 aromatic heterocycles. The Kier molecular flexibility index (Phi) is 14.0. The van der Waals surface area contributed by atoms with Gasteiger partial charge in [0.05, 0.1) is 12.0 Å². The molecule has 2 aromatic rings. The van der Waals surface area contributed by atoms with Gasteiger partial charge in [0.2, 0.25) is 17.7 Å². The summed E-state index contributed by atoms with van der Waals surface area (Å²) in [4.78, 5) is 56.1. The van der Waals surface area contributed by atoms with Crippen molar-refractivity contribution in [1.82, 2.24) is 10.6 Å². The minimum Gasteiger partial charge on any atom is -0.370 e. The lowest BCUT2D eigenvalue weighted by Gasteiger charge is -2.24.